The predicted molar refractivity (Wildman–Crippen MR) is 83.4 cm³/mol. The Bertz CT molecular complexity index is 604. The van der Waals surface area contributed by atoms with Gasteiger partial charge in [0.1, 0.15) is 4.88 Å². The lowest BCUT2D eigenvalue weighted by Gasteiger charge is -2.31. The van der Waals surface area contributed by atoms with Crippen molar-refractivity contribution in [3.63, 3.8) is 0 Å². The molecule has 0 aromatic carbocycles. The van der Waals surface area contributed by atoms with E-state index in [9.17, 15) is 4.79 Å². The van der Waals surface area contributed by atoms with E-state index in [0.717, 1.165) is 42.9 Å². The van der Waals surface area contributed by atoms with Crippen LogP contribution in [0, 0.1) is 12.8 Å². The Kier molecular flexibility index (Phi) is 4.29. The van der Waals surface area contributed by atoms with Gasteiger partial charge in [0.25, 0.3) is 5.91 Å². The first kappa shape index (κ1) is 14.2. The second kappa shape index (κ2) is 6.35. The molecule has 2 aromatic heterocycles. The van der Waals surface area contributed by atoms with Crippen LogP contribution in [0.4, 0.5) is 0 Å². The quantitative estimate of drug-likeness (QED) is 0.875. The number of carbonyl (C=O) groups is 1. The third-order valence-electron chi connectivity index (χ3n) is 4.03. The van der Waals surface area contributed by atoms with Gasteiger partial charge in [0.05, 0.1) is 11.7 Å². The zero-order valence-corrected chi connectivity index (χ0v) is 13.0. The Hall–Kier alpha value is -1.75. The standard InChI is InChI=1S/C16H19N3OS/c1-12-8-14(2-5-18-12)9-13-3-6-19(7-4-13)16(20)15-10-17-11-21-15/h2,5,8,10-11,13H,3-4,6-7,9H2,1H3. The summed E-state index contributed by atoms with van der Waals surface area (Å²) in [6.07, 6.45) is 6.79. The maximum atomic E-state index is 12.3. The van der Waals surface area contributed by atoms with E-state index in [1.807, 2.05) is 18.0 Å². The van der Waals surface area contributed by atoms with Gasteiger partial charge in [-0.05, 0) is 49.8 Å². The molecule has 0 saturated carbocycles. The number of nitrogens with zero attached hydrogens (tertiary/aromatic N) is 3. The van der Waals surface area contributed by atoms with Gasteiger partial charge in [0.15, 0.2) is 0 Å². The summed E-state index contributed by atoms with van der Waals surface area (Å²) in [6, 6.07) is 4.26. The monoisotopic (exact) mass is 301 g/mol. The number of hydrogen-bond acceptors (Lipinski definition) is 4. The molecule has 0 radical (unpaired) electrons. The van der Waals surface area contributed by atoms with Gasteiger partial charge in [-0.1, -0.05) is 0 Å². The summed E-state index contributed by atoms with van der Waals surface area (Å²) in [5.74, 6) is 0.799. The number of pyridine rings is 1. The van der Waals surface area contributed by atoms with Crippen LogP contribution in [0.5, 0.6) is 0 Å². The van der Waals surface area contributed by atoms with Crippen LogP contribution in [0.1, 0.15) is 33.8 Å². The van der Waals surface area contributed by atoms with E-state index in [0.29, 0.717) is 5.92 Å². The fourth-order valence-corrected chi connectivity index (χ4v) is 3.47. The Morgan fingerprint density at radius 3 is 2.90 bits per heavy atom. The molecule has 1 amide bonds. The summed E-state index contributed by atoms with van der Waals surface area (Å²) in [4.78, 5) is 23.2. The average Bonchev–Trinajstić information content (AvgIpc) is 3.01. The fourth-order valence-electron chi connectivity index (χ4n) is 2.88. The van der Waals surface area contributed by atoms with E-state index in [1.165, 1.54) is 16.9 Å². The molecule has 0 spiro atoms. The lowest BCUT2D eigenvalue weighted by molar-refractivity contribution is 0.0695. The number of hydrogen-bond donors (Lipinski definition) is 0. The van der Waals surface area contributed by atoms with Gasteiger partial charge in [-0.25, -0.2) is 0 Å². The molecule has 110 valence electrons. The molecule has 0 atom stereocenters. The van der Waals surface area contributed by atoms with Crippen molar-refractivity contribution < 1.29 is 4.79 Å². The van der Waals surface area contributed by atoms with Crippen molar-refractivity contribution >= 4 is 17.2 Å². The molecule has 3 heterocycles. The summed E-state index contributed by atoms with van der Waals surface area (Å²) in [6.45, 7) is 3.73. The summed E-state index contributed by atoms with van der Waals surface area (Å²) < 4.78 is 0. The molecule has 1 saturated heterocycles. The number of aryl methyl sites for hydroxylation is 1. The van der Waals surface area contributed by atoms with Gasteiger partial charge >= 0.3 is 0 Å². The predicted octanol–water partition coefficient (Wildman–Crippen LogP) is 2.94. The minimum absolute atomic E-state index is 0.135. The Morgan fingerprint density at radius 2 is 2.24 bits per heavy atom. The van der Waals surface area contributed by atoms with Crippen LogP contribution in [0.25, 0.3) is 0 Å². The Balaban J connectivity index is 1.54. The van der Waals surface area contributed by atoms with E-state index < -0.39 is 0 Å². The van der Waals surface area contributed by atoms with E-state index >= 15 is 0 Å². The molecular weight excluding hydrogens is 282 g/mol. The molecule has 0 N–H and O–H groups in total. The van der Waals surface area contributed by atoms with Crippen LogP contribution < -0.4 is 0 Å². The molecule has 5 heteroatoms. The SMILES string of the molecule is Cc1cc(CC2CCN(C(=O)c3cncs3)CC2)ccn1. The van der Waals surface area contributed by atoms with E-state index in [4.69, 9.17) is 0 Å². The Morgan fingerprint density at radius 1 is 1.43 bits per heavy atom. The van der Waals surface area contributed by atoms with Crippen LogP contribution in [0.2, 0.25) is 0 Å². The largest absolute Gasteiger partial charge is 0.338 e. The summed E-state index contributed by atoms with van der Waals surface area (Å²) in [5.41, 5.74) is 4.14. The molecule has 0 bridgehead atoms. The maximum Gasteiger partial charge on any atom is 0.265 e. The number of carbonyl (C=O) groups excluding carboxylic acids is 1. The van der Waals surface area contributed by atoms with Gasteiger partial charge in [-0.15, -0.1) is 11.3 Å². The van der Waals surface area contributed by atoms with Crippen LogP contribution in [0.15, 0.2) is 30.0 Å². The first-order valence-corrected chi connectivity index (χ1v) is 8.19. The maximum absolute atomic E-state index is 12.3. The highest BCUT2D eigenvalue weighted by atomic mass is 32.1. The Labute approximate surface area is 128 Å². The number of aromatic nitrogens is 2. The highest BCUT2D eigenvalue weighted by Crippen LogP contribution is 2.23. The fraction of sp³-hybridized carbons (Fsp3) is 0.438. The minimum Gasteiger partial charge on any atom is -0.338 e. The van der Waals surface area contributed by atoms with E-state index in [2.05, 4.69) is 22.1 Å². The molecule has 1 aliphatic heterocycles. The second-order valence-corrected chi connectivity index (χ2v) is 6.50. The topological polar surface area (TPSA) is 46.1 Å². The van der Waals surface area contributed by atoms with Crippen LogP contribution in [0.3, 0.4) is 0 Å². The van der Waals surface area contributed by atoms with Crippen molar-refractivity contribution in [1.82, 2.24) is 14.9 Å². The number of rotatable bonds is 3. The van der Waals surface area contributed by atoms with Gasteiger partial charge in [0, 0.05) is 25.0 Å². The van der Waals surface area contributed by atoms with Crippen LogP contribution in [-0.2, 0) is 6.42 Å². The smallest absolute Gasteiger partial charge is 0.265 e. The van der Waals surface area contributed by atoms with Crippen molar-refractivity contribution in [2.24, 2.45) is 5.92 Å². The molecule has 0 unspecified atom stereocenters. The normalized spacial score (nSPS) is 16.1. The molecule has 21 heavy (non-hydrogen) atoms. The molecule has 2 aromatic rings. The van der Waals surface area contributed by atoms with Crippen molar-refractivity contribution in [2.75, 3.05) is 13.1 Å². The lowest BCUT2D eigenvalue weighted by atomic mass is 9.90. The summed E-state index contributed by atoms with van der Waals surface area (Å²) in [7, 11) is 0. The van der Waals surface area contributed by atoms with Crippen molar-refractivity contribution in [1.29, 1.82) is 0 Å². The highest BCUT2D eigenvalue weighted by Gasteiger charge is 2.24. The minimum atomic E-state index is 0.135. The molecule has 3 rings (SSSR count). The number of thiazole rings is 1. The van der Waals surface area contributed by atoms with Crippen molar-refractivity contribution in [3.8, 4) is 0 Å². The van der Waals surface area contributed by atoms with Gasteiger partial charge in [-0.2, -0.15) is 0 Å². The molecular formula is C16H19N3OS. The number of amides is 1. The summed E-state index contributed by atoms with van der Waals surface area (Å²) in [5, 5.41) is 0. The molecule has 4 nitrogen and oxygen atoms in total. The van der Waals surface area contributed by atoms with Crippen molar-refractivity contribution in [3.05, 3.63) is 46.2 Å². The zero-order chi connectivity index (χ0) is 14.7. The van der Waals surface area contributed by atoms with Gasteiger partial charge in [0.2, 0.25) is 0 Å². The first-order chi connectivity index (χ1) is 10.2. The second-order valence-electron chi connectivity index (χ2n) is 5.61. The highest BCUT2D eigenvalue weighted by molar-refractivity contribution is 7.11. The lowest BCUT2D eigenvalue weighted by Crippen LogP contribution is -2.38. The number of likely N-dealkylation sites (tertiary alicyclic amines) is 1. The third kappa shape index (κ3) is 3.47. The summed E-state index contributed by atoms with van der Waals surface area (Å²) >= 11 is 1.42. The van der Waals surface area contributed by atoms with Gasteiger partial charge < -0.3 is 4.90 Å². The zero-order valence-electron chi connectivity index (χ0n) is 12.2. The van der Waals surface area contributed by atoms with Crippen molar-refractivity contribution in [2.45, 2.75) is 26.2 Å². The number of piperidine rings is 1. The molecule has 1 fully saturated rings. The molecule has 0 aliphatic carbocycles. The van der Waals surface area contributed by atoms with Gasteiger partial charge in [-0.3, -0.25) is 14.8 Å². The van der Waals surface area contributed by atoms with E-state index in [-0.39, 0.29) is 5.91 Å². The van der Waals surface area contributed by atoms with Crippen LogP contribution >= 0.6 is 11.3 Å². The third-order valence-corrected chi connectivity index (χ3v) is 4.79. The van der Waals surface area contributed by atoms with Crippen LogP contribution in [-0.4, -0.2) is 33.9 Å². The first-order valence-electron chi connectivity index (χ1n) is 7.31. The average molecular weight is 301 g/mol. The van der Waals surface area contributed by atoms with E-state index in [1.54, 1.807) is 11.7 Å². The molecule has 1 aliphatic rings.